The highest BCUT2D eigenvalue weighted by atomic mass is 127. The van der Waals surface area contributed by atoms with Gasteiger partial charge in [-0.15, -0.1) is 0 Å². The predicted octanol–water partition coefficient (Wildman–Crippen LogP) is 3.73. The quantitative estimate of drug-likeness (QED) is 0.559. The highest BCUT2D eigenvalue weighted by Crippen LogP contribution is 2.13. The predicted molar refractivity (Wildman–Crippen MR) is 97.2 cm³/mol. The lowest BCUT2D eigenvalue weighted by atomic mass is 10.1. The number of benzene rings is 2. The summed E-state index contributed by atoms with van der Waals surface area (Å²) in [6, 6.07) is 16.1. The highest BCUT2D eigenvalue weighted by Gasteiger charge is 2.02. The molecule has 1 N–H and O–H groups in total. The van der Waals surface area contributed by atoms with Gasteiger partial charge in [0, 0.05) is 10.1 Å². The lowest BCUT2D eigenvalue weighted by Crippen LogP contribution is -2.29. The van der Waals surface area contributed by atoms with Gasteiger partial charge in [0.05, 0.1) is 0 Å². The molecule has 4 heteroatoms. The standard InChI is InChI=1S/C18H20INO2/c1-14-4-6-15(7-5-14)3-2-12-20-18(21)13-22-17-10-8-16(19)9-11-17/h4-11H,2-3,12-13H2,1H3,(H,20,21). The van der Waals surface area contributed by atoms with Crippen molar-refractivity contribution in [3.05, 3.63) is 63.2 Å². The Morgan fingerprint density at radius 1 is 1.09 bits per heavy atom. The number of nitrogens with one attached hydrogen (secondary N) is 1. The van der Waals surface area contributed by atoms with E-state index in [-0.39, 0.29) is 12.5 Å². The molecule has 0 aromatic heterocycles. The summed E-state index contributed by atoms with van der Waals surface area (Å²) in [6.45, 7) is 2.81. The van der Waals surface area contributed by atoms with E-state index in [1.54, 1.807) is 0 Å². The van der Waals surface area contributed by atoms with Gasteiger partial charge in [-0.1, -0.05) is 29.8 Å². The van der Waals surface area contributed by atoms with E-state index in [1.165, 1.54) is 11.1 Å². The molecule has 0 saturated heterocycles. The van der Waals surface area contributed by atoms with Gasteiger partial charge >= 0.3 is 0 Å². The number of halogens is 1. The van der Waals surface area contributed by atoms with Gasteiger partial charge in [-0.2, -0.15) is 0 Å². The second-order valence-electron chi connectivity index (χ2n) is 5.18. The number of ether oxygens (including phenoxy) is 1. The van der Waals surface area contributed by atoms with Crippen molar-refractivity contribution in [2.45, 2.75) is 19.8 Å². The first kappa shape index (κ1) is 16.8. The third kappa shape index (κ3) is 6.05. The van der Waals surface area contributed by atoms with Crippen LogP contribution < -0.4 is 10.1 Å². The van der Waals surface area contributed by atoms with Gasteiger partial charge in [-0.3, -0.25) is 4.79 Å². The van der Waals surface area contributed by atoms with Crippen molar-refractivity contribution in [1.29, 1.82) is 0 Å². The van der Waals surface area contributed by atoms with Crippen molar-refractivity contribution in [3.8, 4) is 5.75 Å². The number of hydrogen-bond acceptors (Lipinski definition) is 2. The zero-order valence-electron chi connectivity index (χ0n) is 12.6. The number of hydrogen-bond donors (Lipinski definition) is 1. The van der Waals surface area contributed by atoms with Crippen molar-refractivity contribution in [3.63, 3.8) is 0 Å². The molecule has 0 aliphatic heterocycles. The van der Waals surface area contributed by atoms with Crippen LogP contribution in [0.5, 0.6) is 5.75 Å². The molecule has 2 aromatic rings. The molecule has 2 rings (SSSR count). The van der Waals surface area contributed by atoms with Crippen LogP contribution in [-0.2, 0) is 11.2 Å². The summed E-state index contributed by atoms with van der Waals surface area (Å²) < 4.78 is 6.58. The molecule has 116 valence electrons. The van der Waals surface area contributed by atoms with Crippen molar-refractivity contribution < 1.29 is 9.53 Å². The Bertz CT molecular complexity index is 593. The second kappa shape index (κ2) is 8.78. The Morgan fingerprint density at radius 3 is 2.45 bits per heavy atom. The number of aryl methyl sites for hydroxylation is 2. The zero-order valence-corrected chi connectivity index (χ0v) is 14.8. The molecule has 0 fully saturated rings. The molecule has 0 aliphatic carbocycles. The van der Waals surface area contributed by atoms with E-state index in [4.69, 9.17) is 4.74 Å². The number of amides is 1. The molecule has 0 aliphatic rings. The lowest BCUT2D eigenvalue weighted by molar-refractivity contribution is -0.123. The Morgan fingerprint density at radius 2 is 1.77 bits per heavy atom. The average Bonchev–Trinajstić information content (AvgIpc) is 2.53. The summed E-state index contributed by atoms with van der Waals surface area (Å²) in [4.78, 5) is 11.7. The van der Waals surface area contributed by atoms with Crippen LogP contribution in [-0.4, -0.2) is 19.1 Å². The zero-order chi connectivity index (χ0) is 15.8. The molecule has 0 unspecified atom stereocenters. The summed E-state index contributed by atoms with van der Waals surface area (Å²) in [5.41, 5.74) is 2.57. The smallest absolute Gasteiger partial charge is 0.257 e. The van der Waals surface area contributed by atoms with Crippen LogP contribution in [0.4, 0.5) is 0 Å². The molecule has 0 bridgehead atoms. The van der Waals surface area contributed by atoms with E-state index in [0.29, 0.717) is 6.54 Å². The Balaban J connectivity index is 1.61. The van der Waals surface area contributed by atoms with Gasteiger partial charge in [0.15, 0.2) is 6.61 Å². The molecular weight excluding hydrogens is 389 g/mol. The molecule has 3 nitrogen and oxygen atoms in total. The average molecular weight is 409 g/mol. The van der Waals surface area contributed by atoms with Crippen LogP contribution in [0.15, 0.2) is 48.5 Å². The van der Waals surface area contributed by atoms with Crippen molar-refractivity contribution in [2.75, 3.05) is 13.2 Å². The fraction of sp³-hybridized carbons (Fsp3) is 0.278. The van der Waals surface area contributed by atoms with Crippen LogP contribution in [0, 0.1) is 10.5 Å². The van der Waals surface area contributed by atoms with E-state index >= 15 is 0 Å². The third-order valence-electron chi connectivity index (χ3n) is 3.27. The summed E-state index contributed by atoms with van der Waals surface area (Å²) >= 11 is 2.23. The topological polar surface area (TPSA) is 38.3 Å². The molecular formula is C18H20INO2. The van der Waals surface area contributed by atoms with Crippen molar-refractivity contribution >= 4 is 28.5 Å². The first-order valence-corrected chi connectivity index (χ1v) is 8.42. The first-order valence-electron chi connectivity index (χ1n) is 7.34. The van der Waals surface area contributed by atoms with E-state index in [2.05, 4.69) is 59.1 Å². The Kier molecular flexibility index (Phi) is 6.71. The van der Waals surface area contributed by atoms with Gasteiger partial charge in [0.25, 0.3) is 5.91 Å². The maximum Gasteiger partial charge on any atom is 0.257 e. The van der Waals surface area contributed by atoms with Crippen LogP contribution in [0.1, 0.15) is 17.5 Å². The monoisotopic (exact) mass is 409 g/mol. The Hall–Kier alpha value is -1.56. The normalized spacial score (nSPS) is 10.3. The van der Waals surface area contributed by atoms with E-state index < -0.39 is 0 Å². The molecule has 1 amide bonds. The summed E-state index contributed by atoms with van der Waals surface area (Å²) in [7, 11) is 0. The minimum absolute atomic E-state index is 0.0606. The molecule has 0 heterocycles. The molecule has 2 aromatic carbocycles. The third-order valence-corrected chi connectivity index (χ3v) is 3.99. The second-order valence-corrected chi connectivity index (χ2v) is 6.43. The van der Waals surface area contributed by atoms with Crippen LogP contribution in [0.2, 0.25) is 0 Å². The molecule has 22 heavy (non-hydrogen) atoms. The van der Waals surface area contributed by atoms with E-state index in [1.807, 2.05) is 24.3 Å². The fourth-order valence-corrected chi connectivity index (χ4v) is 2.37. The largest absolute Gasteiger partial charge is 0.484 e. The van der Waals surface area contributed by atoms with Gasteiger partial charge in [0.1, 0.15) is 5.75 Å². The highest BCUT2D eigenvalue weighted by molar-refractivity contribution is 14.1. The molecule has 0 radical (unpaired) electrons. The van der Waals surface area contributed by atoms with E-state index in [0.717, 1.165) is 22.2 Å². The first-order chi connectivity index (χ1) is 10.6. The maximum atomic E-state index is 11.7. The SMILES string of the molecule is Cc1ccc(CCCNC(=O)COc2ccc(I)cc2)cc1. The van der Waals surface area contributed by atoms with E-state index in [9.17, 15) is 4.79 Å². The minimum Gasteiger partial charge on any atom is -0.484 e. The molecule has 0 spiro atoms. The molecule has 0 saturated carbocycles. The van der Waals surface area contributed by atoms with Gasteiger partial charge in [-0.25, -0.2) is 0 Å². The number of rotatable bonds is 7. The minimum atomic E-state index is -0.0811. The van der Waals surface area contributed by atoms with Crippen LogP contribution in [0.3, 0.4) is 0 Å². The Labute approximate surface area is 145 Å². The number of carbonyl (C=O) groups excluding carboxylic acids is 1. The fourth-order valence-electron chi connectivity index (χ4n) is 2.01. The van der Waals surface area contributed by atoms with Crippen LogP contribution >= 0.6 is 22.6 Å². The van der Waals surface area contributed by atoms with Crippen molar-refractivity contribution in [1.82, 2.24) is 5.32 Å². The molecule has 0 atom stereocenters. The lowest BCUT2D eigenvalue weighted by Gasteiger charge is -2.08. The van der Waals surface area contributed by atoms with Gasteiger partial charge < -0.3 is 10.1 Å². The maximum absolute atomic E-state index is 11.7. The number of carbonyl (C=O) groups is 1. The summed E-state index contributed by atoms with van der Waals surface area (Å²) in [5.74, 6) is 0.637. The van der Waals surface area contributed by atoms with Crippen molar-refractivity contribution in [2.24, 2.45) is 0 Å². The van der Waals surface area contributed by atoms with Crippen LogP contribution in [0.25, 0.3) is 0 Å². The summed E-state index contributed by atoms with van der Waals surface area (Å²) in [5, 5.41) is 2.88. The summed E-state index contributed by atoms with van der Waals surface area (Å²) in [6.07, 6.45) is 1.90. The van der Waals surface area contributed by atoms with Gasteiger partial charge in [0.2, 0.25) is 0 Å². The van der Waals surface area contributed by atoms with Gasteiger partial charge in [-0.05, 0) is 72.2 Å².